The van der Waals surface area contributed by atoms with Crippen LogP contribution in [0.4, 0.5) is 21.5 Å². The minimum atomic E-state index is -1.18. The van der Waals surface area contributed by atoms with Gasteiger partial charge in [0.15, 0.2) is 0 Å². The van der Waals surface area contributed by atoms with Gasteiger partial charge in [-0.3, -0.25) is 39.3 Å². The van der Waals surface area contributed by atoms with Crippen LogP contribution in [0.15, 0.2) is 97.2 Å². The maximum absolute atomic E-state index is 13.3. The van der Waals surface area contributed by atoms with E-state index in [-0.39, 0.29) is 18.2 Å². The molecule has 10 rings (SSSR count). The first kappa shape index (κ1) is 40.6. The molecule has 2 saturated heterocycles. The van der Waals surface area contributed by atoms with Crippen LogP contribution >= 0.6 is 0 Å². The quantitative estimate of drug-likeness (QED) is 0.0887. The lowest BCUT2D eigenvalue weighted by molar-refractivity contribution is -0.137. The van der Waals surface area contributed by atoms with Crippen LogP contribution in [-0.2, 0) is 32.1 Å². The van der Waals surface area contributed by atoms with E-state index in [1.54, 1.807) is 48.5 Å². The molecule has 2 aromatic heterocycles. The first-order valence-electron chi connectivity index (χ1n) is 21.5. The number of halogens is 1. The normalized spacial score (nSPS) is 18.2. The lowest BCUT2D eigenvalue weighted by Crippen LogP contribution is -2.52. The fraction of sp³-hybridized carbons (Fsp3) is 0.286. The number of hydrogen-bond acceptors (Lipinski definition) is 10. The summed E-state index contributed by atoms with van der Waals surface area (Å²) in [6.07, 6.45) is 5.82. The maximum Gasteiger partial charge on any atom is 0.255 e. The summed E-state index contributed by atoms with van der Waals surface area (Å²) < 4.78 is 25.6. The number of amides is 5. The van der Waals surface area contributed by atoms with Crippen LogP contribution in [0, 0.1) is 17.2 Å². The van der Waals surface area contributed by atoms with Gasteiger partial charge in [0.2, 0.25) is 23.6 Å². The minimum Gasteiger partial charge on any atom is -0.495 e. The second-order valence-electron chi connectivity index (χ2n) is 17.0. The molecule has 0 spiro atoms. The molecular weight excluding hydrogens is 818 g/mol. The molecule has 3 N–H and O–H groups in total. The predicted octanol–water partition coefficient (Wildman–Crippen LogP) is 7.30. The van der Waals surface area contributed by atoms with Crippen molar-refractivity contribution in [2.45, 2.75) is 57.5 Å². The molecule has 1 atom stereocenters. The second-order valence-corrected chi connectivity index (χ2v) is 17.0. The maximum atomic E-state index is 13.3. The molecule has 1 saturated carbocycles. The molecule has 6 aromatic rings. The third-order valence-corrected chi connectivity index (χ3v) is 12.9. The lowest BCUT2D eigenvalue weighted by atomic mass is 9.91. The van der Waals surface area contributed by atoms with Crippen molar-refractivity contribution in [3.8, 4) is 17.2 Å². The highest BCUT2D eigenvalue weighted by Gasteiger charge is 2.56. The molecule has 15 heteroatoms. The Kier molecular flexibility index (Phi) is 10.4. The van der Waals surface area contributed by atoms with E-state index in [2.05, 4.69) is 25.8 Å². The van der Waals surface area contributed by atoms with E-state index < -0.39 is 35.0 Å². The minimum absolute atomic E-state index is 0.194. The van der Waals surface area contributed by atoms with Gasteiger partial charge < -0.3 is 29.9 Å². The molecule has 5 heterocycles. The topological polar surface area (TPSA) is 172 Å². The highest BCUT2D eigenvalue weighted by Crippen LogP contribution is 2.48. The number of anilines is 3. The first-order chi connectivity index (χ1) is 31.0. The van der Waals surface area contributed by atoms with E-state index in [1.165, 1.54) is 24.3 Å². The van der Waals surface area contributed by atoms with Crippen LogP contribution in [0.5, 0.6) is 17.2 Å². The fourth-order valence-electron chi connectivity index (χ4n) is 9.10. The van der Waals surface area contributed by atoms with Gasteiger partial charge in [-0.1, -0.05) is 6.07 Å². The van der Waals surface area contributed by atoms with Gasteiger partial charge in [-0.05, 0) is 135 Å². The SMILES string of the molecule is COc1cc2c(Oc3ccc(NC(=O)C4(C(=O)Nc5ccc(F)cc5)CC4)cc3)ccnc2cc1N1CCC(Cc2ccc3cc4c(cc3n2)CN([C@H]2CCC(=O)NC2=O)C4=O)CC1. The number of nitrogens with zero attached hydrogens (tertiary/aromatic N) is 4. The zero-order valence-corrected chi connectivity index (χ0v) is 35.0. The second kappa shape index (κ2) is 16.4. The Balaban J connectivity index is 0.764. The van der Waals surface area contributed by atoms with Gasteiger partial charge >= 0.3 is 0 Å². The van der Waals surface area contributed by atoms with Gasteiger partial charge in [0.1, 0.15) is 34.5 Å². The summed E-state index contributed by atoms with van der Waals surface area (Å²) >= 11 is 0. The Labute approximate surface area is 367 Å². The standard InChI is InChI=1S/C49H44FN7O7/c1-63-43-25-37-39(51-19-14-42(37)64-35-10-8-33(9-11-35)54-48(62)49(17-18-49)47(61)53-32-6-3-31(50)4-7-32)26-41(43)56-20-15-28(16-21-56)22-34-5-2-29-23-36-30(24-38(29)52-34)27-57(46(36)60)40-12-13-44(58)55-45(40)59/h2-11,14,19,23-26,28,40H,12-13,15-18,20-22,27H2,1H3,(H,53,61)(H,54,62)(H,55,58,59)/t40-/m0/s1. The third kappa shape index (κ3) is 7.82. The van der Waals surface area contributed by atoms with Gasteiger partial charge in [0, 0.05) is 65.7 Å². The van der Waals surface area contributed by atoms with E-state index in [9.17, 15) is 28.4 Å². The van der Waals surface area contributed by atoms with E-state index in [0.717, 1.165) is 71.1 Å². The van der Waals surface area contributed by atoms with Crippen molar-refractivity contribution >= 4 is 68.4 Å². The van der Waals surface area contributed by atoms with Crippen molar-refractivity contribution in [1.29, 1.82) is 0 Å². The van der Waals surface area contributed by atoms with E-state index in [1.807, 2.05) is 36.4 Å². The number of rotatable bonds is 11. The summed E-state index contributed by atoms with van der Waals surface area (Å²) in [5, 5.41) is 9.59. The third-order valence-electron chi connectivity index (χ3n) is 12.9. The molecule has 0 bridgehead atoms. The highest BCUT2D eigenvalue weighted by atomic mass is 19.1. The van der Waals surface area contributed by atoms with Gasteiger partial charge in [-0.25, -0.2) is 4.39 Å². The molecule has 64 heavy (non-hydrogen) atoms. The number of pyridine rings is 2. The molecule has 5 amide bonds. The van der Waals surface area contributed by atoms with Crippen LogP contribution in [0.1, 0.15) is 60.1 Å². The van der Waals surface area contributed by atoms with Crippen LogP contribution in [-0.4, -0.2) is 70.6 Å². The van der Waals surface area contributed by atoms with Crippen molar-refractivity contribution < 1.29 is 37.8 Å². The number of fused-ring (bicyclic) bond motifs is 3. The van der Waals surface area contributed by atoms with E-state index in [4.69, 9.17) is 14.5 Å². The number of methoxy groups -OCH3 is 1. The summed E-state index contributed by atoms with van der Waals surface area (Å²) in [4.78, 5) is 77.3. The zero-order chi connectivity index (χ0) is 44.1. The summed E-state index contributed by atoms with van der Waals surface area (Å²) in [6, 6.07) is 25.4. The monoisotopic (exact) mass is 861 g/mol. The number of ether oxygens (including phenoxy) is 2. The summed E-state index contributed by atoms with van der Waals surface area (Å²) in [5.74, 6) is 0.102. The number of aromatic nitrogens is 2. The van der Waals surface area contributed by atoms with Gasteiger partial charge in [-0.15, -0.1) is 0 Å². The molecular formula is C49H44FN7O7. The Morgan fingerprint density at radius 3 is 2.25 bits per heavy atom. The number of imide groups is 1. The molecule has 4 aromatic carbocycles. The average Bonchev–Trinajstić information content (AvgIpc) is 4.06. The van der Waals surface area contributed by atoms with E-state index >= 15 is 0 Å². The molecule has 324 valence electrons. The van der Waals surface area contributed by atoms with Crippen LogP contribution < -0.4 is 30.3 Å². The van der Waals surface area contributed by atoms with Crippen LogP contribution in [0.2, 0.25) is 0 Å². The zero-order valence-electron chi connectivity index (χ0n) is 35.0. The predicted molar refractivity (Wildman–Crippen MR) is 237 cm³/mol. The summed E-state index contributed by atoms with van der Waals surface area (Å²) in [5.41, 5.74) is 4.70. The number of nitrogens with one attached hydrogen (secondary N) is 3. The molecule has 3 fully saturated rings. The smallest absolute Gasteiger partial charge is 0.255 e. The molecule has 0 radical (unpaired) electrons. The largest absolute Gasteiger partial charge is 0.495 e. The molecule has 4 aliphatic rings. The van der Waals surface area contributed by atoms with Crippen molar-refractivity contribution in [3.05, 3.63) is 120 Å². The Hall–Kier alpha value is -7.42. The van der Waals surface area contributed by atoms with Crippen molar-refractivity contribution in [2.24, 2.45) is 11.3 Å². The van der Waals surface area contributed by atoms with Crippen LogP contribution in [0.3, 0.4) is 0 Å². The highest BCUT2D eigenvalue weighted by molar-refractivity contribution is 6.17. The van der Waals surface area contributed by atoms with Crippen molar-refractivity contribution in [1.82, 2.24) is 20.2 Å². The Bertz CT molecular complexity index is 2880. The number of carbonyl (C=O) groups excluding carboxylic acids is 5. The molecule has 3 aliphatic heterocycles. The molecule has 0 unspecified atom stereocenters. The van der Waals surface area contributed by atoms with Crippen molar-refractivity contribution in [3.63, 3.8) is 0 Å². The number of carbonyl (C=O) groups is 5. The number of benzene rings is 4. The van der Waals surface area contributed by atoms with E-state index in [0.29, 0.717) is 65.9 Å². The van der Waals surface area contributed by atoms with Crippen LogP contribution in [0.25, 0.3) is 21.8 Å². The number of piperidine rings is 2. The lowest BCUT2D eigenvalue weighted by Gasteiger charge is -2.34. The van der Waals surface area contributed by atoms with Gasteiger partial charge in [0.25, 0.3) is 5.91 Å². The first-order valence-corrected chi connectivity index (χ1v) is 21.5. The average molecular weight is 862 g/mol. The summed E-state index contributed by atoms with van der Waals surface area (Å²) in [7, 11) is 1.66. The molecule has 14 nitrogen and oxygen atoms in total. The molecule has 1 aliphatic carbocycles. The fourth-order valence-corrected chi connectivity index (χ4v) is 9.10. The van der Waals surface area contributed by atoms with Gasteiger partial charge in [-0.2, -0.15) is 0 Å². The van der Waals surface area contributed by atoms with Gasteiger partial charge in [0.05, 0.1) is 23.8 Å². The summed E-state index contributed by atoms with van der Waals surface area (Å²) in [6.45, 7) is 1.96. The Morgan fingerprint density at radius 2 is 1.56 bits per heavy atom. The van der Waals surface area contributed by atoms with Crippen molar-refractivity contribution in [2.75, 3.05) is 35.7 Å². The Morgan fingerprint density at radius 1 is 0.844 bits per heavy atom. The number of hydrogen-bond donors (Lipinski definition) is 3.